The van der Waals surface area contributed by atoms with E-state index in [1.54, 1.807) is 0 Å². The molecule has 1 fully saturated rings. The van der Waals surface area contributed by atoms with Gasteiger partial charge in [-0.1, -0.05) is 56.2 Å². The van der Waals surface area contributed by atoms with Gasteiger partial charge in [-0.2, -0.15) is 0 Å². The number of anilines is 1. The summed E-state index contributed by atoms with van der Waals surface area (Å²) in [5.74, 6) is 1.30. The maximum Gasteiger partial charge on any atom is 0.374 e. The number of hydrogen-bond donors (Lipinski definition) is 2. The van der Waals surface area contributed by atoms with Gasteiger partial charge in [0.15, 0.2) is 11.5 Å². The first-order valence-corrected chi connectivity index (χ1v) is 13.9. The van der Waals surface area contributed by atoms with Gasteiger partial charge in [0.2, 0.25) is 5.82 Å². The predicted molar refractivity (Wildman–Crippen MR) is 154 cm³/mol. The highest BCUT2D eigenvalue weighted by molar-refractivity contribution is 5.92. The van der Waals surface area contributed by atoms with Crippen molar-refractivity contribution in [2.45, 2.75) is 72.4 Å². The van der Waals surface area contributed by atoms with Crippen molar-refractivity contribution in [3.05, 3.63) is 65.0 Å². The molecule has 8 nitrogen and oxygen atoms in total. The lowest BCUT2D eigenvalue weighted by Gasteiger charge is -2.32. The molecule has 0 unspecified atom stereocenters. The average Bonchev–Trinajstić information content (AvgIpc) is 3.22. The molecule has 4 aromatic rings. The fourth-order valence-electron chi connectivity index (χ4n) is 5.10. The van der Waals surface area contributed by atoms with E-state index in [-0.39, 0.29) is 11.9 Å². The van der Waals surface area contributed by atoms with E-state index in [0.717, 1.165) is 35.3 Å². The fourth-order valence-corrected chi connectivity index (χ4v) is 5.10. The first-order valence-electron chi connectivity index (χ1n) is 13.9. The molecule has 2 aromatic carbocycles. The summed E-state index contributed by atoms with van der Waals surface area (Å²) in [6.45, 7) is 11.5. The van der Waals surface area contributed by atoms with Gasteiger partial charge >= 0.3 is 5.97 Å². The molecule has 0 amide bonds. The summed E-state index contributed by atoms with van der Waals surface area (Å²) in [5.41, 5.74) is 5.34. The third-order valence-electron chi connectivity index (χ3n) is 7.69. The molecule has 8 heteroatoms. The standard InChI is InChI=1S/C31H37N5O3/c1-6-39-25-15-14-23(18(2)3)16-24(25)30-35-28-26(36(30)17-21-12-10-19(4)11-13-21)27(33-29(34-28)31(37)38)32-20(5)22-8-7-9-22/h10-16,18,20,22H,6-9,17H2,1-5H3,(H,37,38)(H,32,33,34)/t20-/m1/s1. The van der Waals surface area contributed by atoms with E-state index in [9.17, 15) is 9.90 Å². The number of carbonyl (C=O) groups is 1. The van der Waals surface area contributed by atoms with Crippen molar-refractivity contribution in [1.29, 1.82) is 0 Å². The molecular formula is C31H37N5O3. The van der Waals surface area contributed by atoms with Crippen molar-refractivity contribution in [3.8, 4) is 17.1 Å². The Balaban J connectivity index is 1.77. The molecule has 1 saturated carbocycles. The molecular weight excluding hydrogens is 490 g/mol. The lowest BCUT2D eigenvalue weighted by atomic mass is 9.80. The van der Waals surface area contributed by atoms with E-state index in [1.165, 1.54) is 12.0 Å². The monoisotopic (exact) mass is 527 g/mol. The molecule has 0 saturated heterocycles. The second kappa shape index (κ2) is 11.0. The van der Waals surface area contributed by atoms with Crippen molar-refractivity contribution in [2.75, 3.05) is 11.9 Å². The Labute approximate surface area is 229 Å². The Kier molecular flexibility index (Phi) is 7.55. The van der Waals surface area contributed by atoms with Gasteiger partial charge in [0.25, 0.3) is 0 Å². The van der Waals surface area contributed by atoms with Crippen LogP contribution in [0, 0.1) is 12.8 Å². The zero-order valence-corrected chi connectivity index (χ0v) is 23.4. The second-order valence-corrected chi connectivity index (χ2v) is 10.8. The van der Waals surface area contributed by atoms with Crippen LogP contribution >= 0.6 is 0 Å². The lowest BCUT2D eigenvalue weighted by Crippen LogP contribution is -2.31. The van der Waals surface area contributed by atoms with Gasteiger partial charge < -0.3 is 19.7 Å². The van der Waals surface area contributed by atoms with Crippen LogP contribution in [0.15, 0.2) is 42.5 Å². The highest BCUT2D eigenvalue weighted by Crippen LogP contribution is 2.37. The number of aryl methyl sites for hydroxylation is 1. The number of carboxylic acids is 1. The van der Waals surface area contributed by atoms with E-state index in [0.29, 0.717) is 47.8 Å². The number of nitrogens with one attached hydrogen (secondary N) is 1. The van der Waals surface area contributed by atoms with Gasteiger partial charge in [-0.25, -0.2) is 19.7 Å². The van der Waals surface area contributed by atoms with Gasteiger partial charge in [0.05, 0.1) is 12.2 Å². The maximum atomic E-state index is 12.0. The third-order valence-corrected chi connectivity index (χ3v) is 7.69. The normalized spacial score (nSPS) is 14.4. The van der Waals surface area contributed by atoms with Crippen LogP contribution in [-0.2, 0) is 6.54 Å². The largest absolute Gasteiger partial charge is 0.493 e. The van der Waals surface area contributed by atoms with E-state index in [4.69, 9.17) is 9.72 Å². The summed E-state index contributed by atoms with van der Waals surface area (Å²) in [7, 11) is 0. The molecule has 1 atom stereocenters. The second-order valence-electron chi connectivity index (χ2n) is 10.8. The van der Waals surface area contributed by atoms with Gasteiger partial charge in [-0.15, -0.1) is 0 Å². The number of fused-ring (bicyclic) bond motifs is 1. The van der Waals surface area contributed by atoms with Gasteiger partial charge in [-0.05, 0) is 68.7 Å². The van der Waals surface area contributed by atoms with Crippen LogP contribution in [0.2, 0.25) is 0 Å². The van der Waals surface area contributed by atoms with Crippen molar-refractivity contribution >= 4 is 23.0 Å². The van der Waals surface area contributed by atoms with Crippen LogP contribution < -0.4 is 10.1 Å². The van der Waals surface area contributed by atoms with Crippen molar-refractivity contribution in [3.63, 3.8) is 0 Å². The SMILES string of the molecule is CCOc1ccc(C(C)C)cc1-c1nc2nc(C(=O)O)nc(N[C@H](C)C3CCC3)c2n1Cc1ccc(C)cc1. The highest BCUT2D eigenvalue weighted by atomic mass is 16.5. The minimum atomic E-state index is -1.18. The van der Waals surface area contributed by atoms with Crippen LogP contribution in [0.4, 0.5) is 5.82 Å². The Morgan fingerprint density at radius 1 is 1.10 bits per heavy atom. The molecule has 0 radical (unpaired) electrons. The van der Waals surface area contributed by atoms with Crippen LogP contribution in [-0.4, -0.2) is 43.2 Å². The summed E-state index contributed by atoms with van der Waals surface area (Å²) >= 11 is 0. The summed E-state index contributed by atoms with van der Waals surface area (Å²) in [6, 6.07) is 14.8. The van der Waals surface area contributed by atoms with Gasteiger partial charge in [-0.3, -0.25) is 0 Å². The minimum absolute atomic E-state index is 0.146. The Morgan fingerprint density at radius 3 is 2.46 bits per heavy atom. The third kappa shape index (κ3) is 5.46. The first kappa shape index (κ1) is 26.7. The number of hydrogen-bond acceptors (Lipinski definition) is 6. The number of nitrogens with zero attached hydrogens (tertiary/aromatic N) is 4. The molecule has 0 aliphatic heterocycles. The van der Waals surface area contributed by atoms with Crippen molar-refractivity contribution in [1.82, 2.24) is 19.5 Å². The maximum absolute atomic E-state index is 12.0. The summed E-state index contributed by atoms with van der Waals surface area (Å²) < 4.78 is 8.15. The Hall–Kier alpha value is -3.94. The van der Waals surface area contributed by atoms with Crippen molar-refractivity contribution < 1.29 is 14.6 Å². The van der Waals surface area contributed by atoms with E-state index < -0.39 is 5.97 Å². The van der Waals surface area contributed by atoms with Crippen molar-refractivity contribution in [2.24, 2.45) is 5.92 Å². The lowest BCUT2D eigenvalue weighted by molar-refractivity contribution is 0.0684. The van der Waals surface area contributed by atoms with E-state index >= 15 is 0 Å². The highest BCUT2D eigenvalue weighted by Gasteiger charge is 2.28. The molecule has 0 spiro atoms. The molecule has 2 heterocycles. The molecule has 2 N–H and O–H groups in total. The number of ether oxygens (including phenoxy) is 1. The topological polar surface area (TPSA) is 102 Å². The van der Waals surface area contributed by atoms with Gasteiger partial charge in [0.1, 0.15) is 17.1 Å². The molecule has 204 valence electrons. The van der Waals surface area contributed by atoms with E-state index in [1.807, 2.05) is 13.0 Å². The number of carboxylic acid groups (broad SMARTS) is 1. The van der Waals surface area contributed by atoms with E-state index in [2.05, 4.69) is 83.9 Å². The molecule has 1 aliphatic carbocycles. The smallest absolute Gasteiger partial charge is 0.374 e. The summed E-state index contributed by atoms with van der Waals surface area (Å²) in [4.78, 5) is 25.9. The number of aromatic nitrogens is 4. The number of rotatable bonds is 10. The van der Waals surface area contributed by atoms with Gasteiger partial charge in [0, 0.05) is 12.6 Å². The molecule has 1 aliphatic rings. The van der Waals surface area contributed by atoms with Crippen LogP contribution in [0.25, 0.3) is 22.6 Å². The molecule has 5 rings (SSSR count). The Morgan fingerprint density at radius 2 is 1.85 bits per heavy atom. The van der Waals surface area contributed by atoms with Crippen LogP contribution in [0.3, 0.4) is 0 Å². The zero-order chi connectivity index (χ0) is 27.7. The number of aromatic carboxylic acids is 1. The first-order chi connectivity index (χ1) is 18.7. The molecule has 2 aromatic heterocycles. The average molecular weight is 528 g/mol. The zero-order valence-electron chi connectivity index (χ0n) is 23.4. The fraction of sp³-hybridized carbons (Fsp3) is 0.419. The molecule has 0 bridgehead atoms. The predicted octanol–water partition coefficient (Wildman–Crippen LogP) is 6.67. The number of benzene rings is 2. The van der Waals surface area contributed by atoms with Crippen LogP contribution in [0.1, 0.15) is 80.2 Å². The quantitative estimate of drug-likeness (QED) is 0.237. The minimum Gasteiger partial charge on any atom is -0.493 e. The molecule has 39 heavy (non-hydrogen) atoms. The Bertz CT molecular complexity index is 1490. The summed E-state index contributed by atoms with van der Waals surface area (Å²) in [6.07, 6.45) is 3.53. The van der Waals surface area contributed by atoms with Crippen LogP contribution in [0.5, 0.6) is 5.75 Å². The summed E-state index contributed by atoms with van der Waals surface area (Å²) in [5, 5.41) is 13.4. The number of imidazole rings is 1.